The van der Waals surface area contributed by atoms with Crippen LogP contribution >= 0.6 is 11.6 Å². The van der Waals surface area contributed by atoms with E-state index in [0.29, 0.717) is 37.6 Å². The summed E-state index contributed by atoms with van der Waals surface area (Å²) in [6, 6.07) is 8.86. The van der Waals surface area contributed by atoms with Crippen LogP contribution < -0.4 is 4.72 Å². The molecule has 1 aromatic heterocycles. The van der Waals surface area contributed by atoms with Crippen molar-refractivity contribution >= 4 is 33.2 Å². The molecular weight excluding hydrogens is 459 g/mol. The Balaban J connectivity index is 1.49. The second kappa shape index (κ2) is 8.87. The summed E-state index contributed by atoms with van der Waals surface area (Å²) in [5.41, 5.74) is 0.299. The SMILES string of the molecule is Cc1noc(C2CCN(C(=O)c3cc(S(=O)(=O)Nc4ccc(F)cc4)ccc3Cl)CC2)n1. The largest absolute Gasteiger partial charge is 0.339 e. The lowest BCUT2D eigenvalue weighted by Gasteiger charge is -2.30. The molecule has 11 heteroatoms. The predicted octanol–water partition coefficient (Wildman–Crippen LogP) is 3.99. The Morgan fingerprint density at radius 2 is 1.88 bits per heavy atom. The number of hydrogen-bond donors (Lipinski definition) is 1. The molecule has 4 rings (SSSR count). The summed E-state index contributed by atoms with van der Waals surface area (Å²) >= 11 is 6.23. The van der Waals surface area contributed by atoms with Crippen LogP contribution in [-0.2, 0) is 10.0 Å². The van der Waals surface area contributed by atoms with Gasteiger partial charge in [-0.3, -0.25) is 9.52 Å². The standard InChI is InChI=1S/C21H20ClFN4O4S/c1-13-24-20(31-25-13)14-8-10-27(11-9-14)21(28)18-12-17(6-7-19(18)22)32(29,30)26-16-4-2-15(23)3-5-16/h2-7,12,14,26H,8-11H2,1H3. The van der Waals surface area contributed by atoms with E-state index in [2.05, 4.69) is 14.9 Å². The number of carbonyl (C=O) groups is 1. The summed E-state index contributed by atoms with van der Waals surface area (Å²) in [6.45, 7) is 2.65. The minimum atomic E-state index is -4.00. The van der Waals surface area contributed by atoms with E-state index in [1.54, 1.807) is 11.8 Å². The number of anilines is 1. The zero-order valence-corrected chi connectivity index (χ0v) is 18.7. The molecule has 0 radical (unpaired) electrons. The number of rotatable bonds is 5. The van der Waals surface area contributed by atoms with Gasteiger partial charge in [0.1, 0.15) is 5.82 Å². The molecule has 1 saturated heterocycles. The van der Waals surface area contributed by atoms with Gasteiger partial charge in [-0.2, -0.15) is 4.98 Å². The van der Waals surface area contributed by atoms with Crippen LogP contribution in [0.3, 0.4) is 0 Å². The second-order valence-corrected chi connectivity index (χ2v) is 9.59. The molecule has 2 aromatic carbocycles. The van der Waals surface area contributed by atoms with E-state index >= 15 is 0 Å². The fraction of sp³-hybridized carbons (Fsp3) is 0.286. The highest BCUT2D eigenvalue weighted by Gasteiger charge is 2.29. The molecule has 0 unspecified atom stereocenters. The molecule has 2 heterocycles. The molecule has 32 heavy (non-hydrogen) atoms. The summed E-state index contributed by atoms with van der Waals surface area (Å²) in [7, 11) is -4.00. The number of sulfonamides is 1. The fourth-order valence-electron chi connectivity index (χ4n) is 3.55. The zero-order chi connectivity index (χ0) is 22.9. The highest BCUT2D eigenvalue weighted by atomic mass is 35.5. The third-order valence-corrected chi connectivity index (χ3v) is 6.96. The van der Waals surface area contributed by atoms with Gasteiger partial charge in [0.15, 0.2) is 5.82 Å². The molecule has 1 fully saturated rings. The van der Waals surface area contributed by atoms with E-state index in [1.165, 1.54) is 30.3 Å². The average molecular weight is 479 g/mol. The first-order chi connectivity index (χ1) is 15.2. The van der Waals surface area contributed by atoms with Crippen molar-refractivity contribution in [3.63, 3.8) is 0 Å². The van der Waals surface area contributed by atoms with Crippen molar-refractivity contribution in [3.05, 3.63) is 70.6 Å². The van der Waals surface area contributed by atoms with Crippen molar-refractivity contribution < 1.29 is 22.1 Å². The van der Waals surface area contributed by atoms with Crippen LogP contribution in [0, 0.1) is 12.7 Å². The van der Waals surface area contributed by atoms with Crippen molar-refractivity contribution in [2.45, 2.75) is 30.6 Å². The Morgan fingerprint density at radius 3 is 2.50 bits per heavy atom. The molecule has 3 aromatic rings. The van der Waals surface area contributed by atoms with Gasteiger partial charge in [0.25, 0.3) is 15.9 Å². The van der Waals surface area contributed by atoms with Crippen LogP contribution in [0.2, 0.25) is 5.02 Å². The van der Waals surface area contributed by atoms with Gasteiger partial charge in [-0.05, 0) is 62.2 Å². The quantitative estimate of drug-likeness (QED) is 0.594. The summed E-state index contributed by atoms with van der Waals surface area (Å²) in [5.74, 6) is 0.367. The maximum absolute atomic E-state index is 13.1. The van der Waals surface area contributed by atoms with Crippen LogP contribution in [0.4, 0.5) is 10.1 Å². The van der Waals surface area contributed by atoms with Gasteiger partial charge in [-0.1, -0.05) is 16.8 Å². The highest BCUT2D eigenvalue weighted by molar-refractivity contribution is 7.92. The Bertz CT molecular complexity index is 1240. The predicted molar refractivity (Wildman–Crippen MR) is 116 cm³/mol. The van der Waals surface area contributed by atoms with Gasteiger partial charge in [0.05, 0.1) is 15.5 Å². The van der Waals surface area contributed by atoms with Gasteiger partial charge in [0, 0.05) is 24.7 Å². The number of nitrogens with one attached hydrogen (secondary N) is 1. The summed E-state index contributed by atoms with van der Waals surface area (Å²) < 4.78 is 46.2. The van der Waals surface area contributed by atoms with Crippen molar-refractivity contribution in [2.24, 2.45) is 0 Å². The molecule has 168 valence electrons. The number of nitrogens with zero attached hydrogens (tertiary/aromatic N) is 3. The minimum absolute atomic E-state index is 0.0716. The van der Waals surface area contributed by atoms with E-state index in [9.17, 15) is 17.6 Å². The van der Waals surface area contributed by atoms with Crippen molar-refractivity contribution in [3.8, 4) is 0 Å². The van der Waals surface area contributed by atoms with E-state index in [0.717, 1.165) is 12.1 Å². The first-order valence-corrected chi connectivity index (χ1v) is 11.8. The maximum Gasteiger partial charge on any atom is 0.261 e. The lowest BCUT2D eigenvalue weighted by atomic mass is 9.96. The average Bonchev–Trinajstić information content (AvgIpc) is 3.21. The lowest BCUT2D eigenvalue weighted by molar-refractivity contribution is 0.0704. The Labute approximate surface area is 189 Å². The van der Waals surface area contributed by atoms with Crippen molar-refractivity contribution in [2.75, 3.05) is 17.8 Å². The molecule has 1 amide bonds. The maximum atomic E-state index is 13.1. The number of likely N-dealkylation sites (tertiary alicyclic amines) is 1. The molecule has 0 atom stereocenters. The summed E-state index contributed by atoms with van der Waals surface area (Å²) in [4.78, 5) is 18.8. The number of carbonyl (C=O) groups excluding carboxylic acids is 1. The van der Waals surface area contributed by atoms with Crippen molar-refractivity contribution in [1.29, 1.82) is 0 Å². The molecular formula is C21H20ClFN4O4S. The molecule has 0 spiro atoms. The molecule has 8 nitrogen and oxygen atoms in total. The van der Waals surface area contributed by atoms with Gasteiger partial charge in [-0.15, -0.1) is 0 Å². The fourth-order valence-corrected chi connectivity index (χ4v) is 4.83. The Hall–Kier alpha value is -2.98. The van der Waals surface area contributed by atoms with E-state index in [1.807, 2.05) is 0 Å². The van der Waals surface area contributed by atoms with Crippen LogP contribution in [0.5, 0.6) is 0 Å². The zero-order valence-electron chi connectivity index (χ0n) is 17.1. The van der Waals surface area contributed by atoms with Crippen molar-refractivity contribution in [1.82, 2.24) is 15.0 Å². The molecule has 0 bridgehead atoms. The van der Waals surface area contributed by atoms with Gasteiger partial charge >= 0.3 is 0 Å². The van der Waals surface area contributed by atoms with Gasteiger partial charge in [-0.25, -0.2) is 12.8 Å². The number of halogens is 2. The Kier molecular flexibility index (Phi) is 6.16. The first kappa shape index (κ1) is 22.2. The summed E-state index contributed by atoms with van der Waals surface area (Å²) in [5, 5.41) is 3.96. The normalized spacial score (nSPS) is 15.0. The van der Waals surface area contributed by atoms with Crippen LogP contribution in [-0.4, -0.2) is 42.5 Å². The number of piperidine rings is 1. The van der Waals surface area contributed by atoms with E-state index in [4.69, 9.17) is 16.1 Å². The second-order valence-electron chi connectivity index (χ2n) is 7.50. The number of aromatic nitrogens is 2. The Morgan fingerprint density at radius 1 is 1.19 bits per heavy atom. The van der Waals surface area contributed by atoms with E-state index in [-0.39, 0.29) is 33.0 Å². The number of hydrogen-bond acceptors (Lipinski definition) is 6. The van der Waals surface area contributed by atoms with Crippen LogP contribution in [0.1, 0.15) is 40.8 Å². The monoisotopic (exact) mass is 478 g/mol. The molecule has 1 aliphatic rings. The molecule has 0 saturated carbocycles. The molecule has 1 aliphatic heterocycles. The molecule has 0 aliphatic carbocycles. The third kappa shape index (κ3) is 4.76. The topological polar surface area (TPSA) is 105 Å². The smallest absolute Gasteiger partial charge is 0.261 e. The van der Waals surface area contributed by atoms with Crippen LogP contribution in [0.25, 0.3) is 0 Å². The minimum Gasteiger partial charge on any atom is -0.339 e. The number of benzene rings is 2. The van der Waals surface area contributed by atoms with Crippen LogP contribution in [0.15, 0.2) is 51.9 Å². The van der Waals surface area contributed by atoms with Gasteiger partial charge in [0.2, 0.25) is 5.89 Å². The first-order valence-electron chi connectivity index (χ1n) is 9.90. The number of aryl methyl sites for hydroxylation is 1. The third-order valence-electron chi connectivity index (χ3n) is 5.25. The van der Waals surface area contributed by atoms with E-state index < -0.39 is 15.8 Å². The summed E-state index contributed by atoms with van der Waals surface area (Å²) in [6.07, 6.45) is 1.30. The van der Waals surface area contributed by atoms with Gasteiger partial charge < -0.3 is 9.42 Å². The highest BCUT2D eigenvalue weighted by Crippen LogP contribution is 2.29. The number of amides is 1. The molecule has 1 N–H and O–H groups in total. The lowest BCUT2D eigenvalue weighted by Crippen LogP contribution is -2.38.